The van der Waals surface area contributed by atoms with E-state index in [9.17, 15) is 9.18 Å². The third-order valence-corrected chi connectivity index (χ3v) is 6.10. The van der Waals surface area contributed by atoms with Crippen LogP contribution < -0.4 is 10.1 Å². The first-order valence-electron chi connectivity index (χ1n) is 9.39. The molecule has 0 spiro atoms. The van der Waals surface area contributed by atoms with Crippen LogP contribution in [0.15, 0.2) is 51.9 Å². The van der Waals surface area contributed by atoms with Crippen LogP contribution >= 0.6 is 11.8 Å². The Morgan fingerprint density at radius 1 is 1.31 bits per heavy atom. The van der Waals surface area contributed by atoms with Crippen LogP contribution in [0.1, 0.15) is 45.4 Å². The van der Waals surface area contributed by atoms with E-state index in [0.29, 0.717) is 17.9 Å². The van der Waals surface area contributed by atoms with Crippen molar-refractivity contribution in [3.05, 3.63) is 76.4 Å². The first-order chi connectivity index (χ1) is 14.0. The van der Waals surface area contributed by atoms with Gasteiger partial charge in [-0.05, 0) is 62.2 Å². The van der Waals surface area contributed by atoms with Gasteiger partial charge in [-0.15, -0.1) is 11.8 Å². The Labute approximate surface area is 172 Å². The fraction of sp³-hybridized carbons (Fsp3) is 0.273. The number of nitrogens with one attached hydrogen (secondary N) is 1. The summed E-state index contributed by atoms with van der Waals surface area (Å²) in [4.78, 5) is 13.8. The van der Waals surface area contributed by atoms with Crippen LogP contribution in [0.2, 0.25) is 0 Å². The molecule has 4 rings (SSSR count). The van der Waals surface area contributed by atoms with E-state index in [1.165, 1.54) is 12.1 Å². The van der Waals surface area contributed by atoms with E-state index in [1.807, 2.05) is 13.8 Å². The Balaban J connectivity index is 1.46. The third-order valence-electron chi connectivity index (χ3n) is 4.98. The molecular weight excluding hydrogens is 391 g/mol. The first-order valence-corrected chi connectivity index (χ1v) is 10.4. The van der Waals surface area contributed by atoms with Crippen molar-refractivity contribution in [3.8, 4) is 5.75 Å². The number of halogens is 1. The van der Waals surface area contributed by atoms with Crippen molar-refractivity contribution in [2.45, 2.75) is 37.8 Å². The van der Waals surface area contributed by atoms with E-state index in [-0.39, 0.29) is 17.8 Å². The van der Waals surface area contributed by atoms with Crippen LogP contribution in [-0.4, -0.2) is 16.8 Å². The lowest BCUT2D eigenvalue weighted by Crippen LogP contribution is -2.30. The summed E-state index contributed by atoms with van der Waals surface area (Å²) in [7, 11) is 0. The smallest absolute Gasteiger partial charge is 0.251 e. The number of benzene rings is 2. The van der Waals surface area contributed by atoms with Crippen molar-refractivity contribution in [1.29, 1.82) is 0 Å². The van der Waals surface area contributed by atoms with Gasteiger partial charge >= 0.3 is 0 Å². The zero-order chi connectivity index (χ0) is 20.4. The van der Waals surface area contributed by atoms with E-state index < -0.39 is 0 Å². The third kappa shape index (κ3) is 4.29. The average Bonchev–Trinajstić information content (AvgIpc) is 3.04. The Morgan fingerprint density at radius 2 is 2.17 bits per heavy atom. The minimum Gasteiger partial charge on any atom is -0.489 e. The van der Waals surface area contributed by atoms with E-state index in [1.54, 1.807) is 42.1 Å². The van der Waals surface area contributed by atoms with Crippen LogP contribution in [0.3, 0.4) is 0 Å². The lowest BCUT2D eigenvalue weighted by atomic mass is 10.0. The van der Waals surface area contributed by atoms with Gasteiger partial charge in [-0.2, -0.15) is 0 Å². The van der Waals surface area contributed by atoms with Crippen LogP contribution in [-0.2, 0) is 6.61 Å². The van der Waals surface area contributed by atoms with E-state index in [2.05, 4.69) is 10.5 Å². The van der Waals surface area contributed by atoms with Crippen molar-refractivity contribution >= 4 is 17.7 Å². The highest BCUT2D eigenvalue weighted by Crippen LogP contribution is 2.36. The van der Waals surface area contributed by atoms with Gasteiger partial charge in [-0.1, -0.05) is 11.2 Å². The highest BCUT2D eigenvalue weighted by atomic mass is 32.2. The summed E-state index contributed by atoms with van der Waals surface area (Å²) in [5.41, 5.74) is 3.02. The van der Waals surface area contributed by atoms with Crippen LogP contribution in [0, 0.1) is 19.7 Å². The molecule has 0 unspecified atom stereocenters. The van der Waals surface area contributed by atoms with E-state index in [0.717, 1.165) is 39.7 Å². The first kappa shape index (κ1) is 19.5. The predicted octanol–water partition coefficient (Wildman–Crippen LogP) is 4.98. The standard InChI is InChI=1S/C22H21FN2O3S/c1-13-19(14(2)28-25-13)12-27-17-5-3-4-15(10-17)22(26)24-20-8-9-29-21-7-6-16(23)11-18(20)21/h3-7,10-11,20H,8-9,12H2,1-2H3,(H,24,26)/t20-/m1/s1. The van der Waals surface area contributed by atoms with Gasteiger partial charge in [0.05, 0.1) is 17.3 Å². The van der Waals surface area contributed by atoms with E-state index in [4.69, 9.17) is 9.26 Å². The molecule has 29 heavy (non-hydrogen) atoms. The van der Waals surface area contributed by atoms with Crippen molar-refractivity contribution in [1.82, 2.24) is 10.5 Å². The number of fused-ring (bicyclic) bond motifs is 1. The topological polar surface area (TPSA) is 64.4 Å². The number of carbonyl (C=O) groups is 1. The summed E-state index contributed by atoms with van der Waals surface area (Å²) in [6, 6.07) is 11.6. The number of carbonyl (C=O) groups excluding carboxylic acids is 1. The maximum absolute atomic E-state index is 13.7. The second kappa shape index (κ2) is 8.29. The molecule has 0 aliphatic carbocycles. The van der Waals surface area contributed by atoms with Gasteiger partial charge < -0.3 is 14.6 Å². The van der Waals surface area contributed by atoms with Crippen molar-refractivity contribution in [2.24, 2.45) is 0 Å². The van der Waals surface area contributed by atoms with Gasteiger partial charge in [0.15, 0.2) is 0 Å². The van der Waals surface area contributed by atoms with Gasteiger partial charge in [0.1, 0.15) is 23.9 Å². The van der Waals surface area contributed by atoms with Crippen molar-refractivity contribution in [2.75, 3.05) is 5.75 Å². The summed E-state index contributed by atoms with van der Waals surface area (Å²) < 4.78 is 24.7. The Hall–Kier alpha value is -2.80. The zero-order valence-electron chi connectivity index (χ0n) is 16.2. The molecule has 1 N–H and O–H groups in total. The highest BCUT2D eigenvalue weighted by molar-refractivity contribution is 7.99. The normalized spacial score (nSPS) is 15.6. The lowest BCUT2D eigenvalue weighted by Gasteiger charge is -2.26. The Kier molecular flexibility index (Phi) is 5.58. The van der Waals surface area contributed by atoms with E-state index >= 15 is 0 Å². The largest absolute Gasteiger partial charge is 0.489 e. The summed E-state index contributed by atoms with van der Waals surface area (Å²) >= 11 is 1.68. The number of ether oxygens (including phenoxy) is 1. The quantitative estimate of drug-likeness (QED) is 0.641. The highest BCUT2D eigenvalue weighted by Gasteiger charge is 2.23. The number of aromatic nitrogens is 1. The molecule has 3 aromatic rings. The van der Waals surface area contributed by atoms with Crippen molar-refractivity contribution in [3.63, 3.8) is 0 Å². The van der Waals surface area contributed by atoms with Crippen molar-refractivity contribution < 1.29 is 18.4 Å². The molecule has 0 bridgehead atoms. The molecule has 1 atom stereocenters. The molecule has 0 saturated heterocycles. The Bertz CT molecular complexity index is 1030. The number of hydrogen-bond donors (Lipinski definition) is 1. The second-order valence-corrected chi connectivity index (χ2v) is 8.10. The summed E-state index contributed by atoms with van der Waals surface area (Å²) in [6.07, 6.45) is 0.759. The van der Waals surface area contributed by atoms with Crippen LogP contribution in [0.25, 0.3) is 0 Å². The molecule has 1 aromatic heterocycles. The number of amides is 1. The van der Waals surface area contributed by atoms with Crippen LogP contribution in [0.5, 0.6) is 5.75 Å². The molecular formula is C22H21FN2O3S. The Morgan fingerprint density at radius 3 is 2.97 bits per heavy atom. The molecule has 2 heterocycles. The SMILES string of the molecule is Cc1noc(C)c1COc1cccc(C(=O)N[C@@H]2CCSc3ccc(F)cc32)c1. The van der Waals surface area contributed by atoms with Crippen LogP contribution in [0.4, 0.5) is 4.39 Å². The number of thioether (sulfide) groups is 1. The molecule has 150 valence electrons. The second-order valence-electron chi connectivity index (χ2n) is 6.96. The minimum absolute atomic E-state index is 0.207. The number of hydrogen-bond acceptors (Lipinski definition) is 5. The van der Waals surface area contributed by atoms with Gasteiger partial charge in [-0.3, -0.25) is 4.79 Å². The molecule has 0 saturated carbocycles. The molecule has 1 amide bonds. The molecule has 0 fully saturated rings. The summed E-state index contributed by atoms with van der Waals surface area (Å²) in [5.74, 6) is 1.69. The lowest BCUT2D eigenvalue weighted by molar-refractivity contribution is 0.0934. The van der Waals surface area contributed by atoms with Gasteiger partial charge in [-0.25, -0.2) is 4.39 Å². The van der Waals surface area contributed by atoms with Gasteiger partial charge in [0.25, 0.3) is 5.91 Å². The minimum atomic E-state index is -0.291. The summed E-state index contributed by atoms with van der Waals surface area (Å²) in [6.45, 7) is 4.02. The molecule has 7 heteroatoms. The number of nitrogens with zero attached hydrogens (tertiary/aromatic N) is 1. The summed E-state index contributed by atoms with van der Waals surface area (Å²) in [5, 5.41) is 6.95. The average molecular weight is 412 g/mol. The maximum atomic E-state index is 13.7. The maximum Gasteiger partial charge on any atom is 0.251 e. The molecule has 5 nitrogen and oxygen atoms in total. The molecule has 0 radical (unpaired) electrons. The van der Waals surface area contributed by atoms with Gasteiger partial charge in [0.2, 0.25) is 0 Å². The molecule has 1 aliphatic heterocycles. The fourth-order valence-electron chi connectivity index (χ4n) is 3.35. The fourth-order valence-corrected chi connectivity index (χ4v) is 4.45. The molecule has 2 aromatic carbocycles. The number of rotatable bonds is 5. The monoisotopic (exact) mass is 412 g/mol. The number of aryl methyl sites for hydroxylation is 2. The van der Waals surface area contributed by atoms with Gasteiger partial charge in [0, 0.05) is 16.2 Å². The predicted molar refractivity (Wildman–Crippen MR) is 109 cm³/mol. The molecule has 1 aliphatic rings. The zero-order valence-corrected chi connectivity index (χ0v) is 17.0.